The molecule has 8 nitrogen and oxygen atoms in total. The molecule has 0 aliphatic rings. The highest BCUT2D eigenvalue weighted by atomic mass is 31.2. The Morgan fingerprint density at radius 2 is 0.828 bits per heavy atom. The van der Waals surface area contributed by atoms with Gasteiger partial charge in [0.05, 0.1) is 19.8 Å². The van der Waals surface area contributed by atoms with Crippen molar-refractivity contribution in [2.24, 2.45) is 5.73 Å². The number of phosphoric ester groups is 1. The van der Waals surface area contributed by atoms with Gasteiger partial charge in [-0.2, -0.15) is 0 Å². The molecule has 0 heterocycles. The van der Waals surface area contributed by atoms with Crippen LogP contribution < -0.4 is 5.73 Å². The Bertz CT molecular complexity index is 1130. The molecule has 2 unspecified atom stereocenters. The third-order valence-corrected chi connectivity index (χ3v) is 12.7. The van der Waals surface area contributed by atoms with E-state index in [1.807, 2.05) is 0 Å². The molecule has 376 valence electrons. The number of nitrogens with two attached hydrogens (primary N) is 1. The molecule has 0 fully saturated rings. The molecule has 0 aromatic heterocycles. The molecule has 64 heavy (non-hydrogen) atoms. The Balaban J connectivity index is 3.91. The van der Waals surface area contributed by atoms with Gasteiger partial charge in [-0.15, -0.1) is 0 Å². The summed E-state index contributed by atoms with van der Waals surface area (Å²) >= 11 is 0. The van der Waals surface area contributed by atoms with Crippen LogP contribution in [0, 0.1) is 0 Å². The maximum absolute atomic E-state index is 12.7. The van der Waals surface area contributed by atoms with Crippen molar-refractivity contribution in [3.63, 3.8) is 0 Å². The van der Waals surface area contributed by atoms with Crippen LogP contribution in [0.3, 0.4) is 0 Å². The van der Waals surface area contributed by atoms with Crippen LogP contribution in [-0.4, -0.2) is 49.9 Å². The average molecular weight is 922 g/mol. The minimum Gasteiger partial charge on any atom is -0.457 e. The van der Waals surface area contributed by atoms with Crippen LogP contribution in [0.2, 0.25) is 0 Å². The Kier molecular flexibility index (Phi) is 51.2. The van der Waals surface area contributed by atoms with Crippen molar-refractivity contribution in [1.29, 1.82) is 0 Å². The van der Waals surface area contributed by atoms with Crippen LogP contribution in [-0.2, 0) is 27.9 Å². The first-order valence-electron chi connectivity index (χ1n) is 27.1. The van der Waals surface area contributed by atoms with Crippen molar-refractivity contribution in [3.8, 4) is 0 Å². The molecule has 0 saturated heterocycles. The summed E-state index contributed by atoms with van der Waals surface area (Å²) in [5, 5.41) is 0. The molecular weight excluding hydrogens is 818 g/mol. The van der Waals surface area contributed by atoms with E-state index < -0.39 is 13.9 Å². The molecular formula is C55H104NO7P. The van der Waals surface area contributed by atoms with E-state index in [2.05, 4.69) is 62.5 Å². The van der Waals surface area contributed by atoms with Gasteiger partial charge in [-0.1, -0.05) is 223 Å². The van der Waals surface area contributed by atoms with Crippen LogP contribution >= 0.6 is 7.82 Å². The van der Waals surface area contributed by atoms with Crippen molar-refractivity contribution in [2.75, 3.05) is 33.0 Å². The zero-order valence-corrected chi connectivity index (χ0v) is 42.9. The molecule has 3 N–H and O–H groups in total. The second kappa shape index (κ2) is 52.4. The minimum absolute atomic E-state index is 0.0967. The smallest absolute Gasteiger partial charge is 0.457 e. The number of rotatable bonds is 52. The third-order valence-electron chi connectivity index (χ3n) is 11.7. The summed E-state index contributed by atoms with van der Waals surface area (Å²) in [6.07, 6.45) is 64.3. The average Bonchev–Trinajstić information content (AvgIpc) is 3.29. The maximum atomic E-state index is 12.7. The zero-order valence-electron chi connectivity index (χ0n) is 42.0. The number of hydrogen-bond acceptors (Lipinski definition) is 7. The number of carbonyl (C=O) groups is 1. The molecule has 0 aromatic rings. The molecule has 0 aliphatic heterocycles. The van der Waals surface area contributed by atoms with Gasteiger partial charge < -0.3 is 20.1 Å². The molecule has 0 aliphatic carbocycles. The van der Waals surface area contributed by atoms with E-state index in [0.717, 1.165) is 44.9 Å². The Hall–Kier alpha value is -1.54. The molecule has 0 saturated carbocycles. The molecule has 0 spiro atoms. The van der Waals surface area contributed by atoms with Crippen LogP contribution in [0.1, 0.15) is 258 Å². The van der Waals surface area contributed by atoms with E-state index in [9.17, 15) is 14.3 Å². The number of unbranched alkanes of at least 4 members (excludes halogenated alkanes) is 31. The monoisotopic (exact) mass is 922 g/mol. The fourth-order valence-corrected chi connectivity index (χ4v) is 8.47. The lowest BCUT2D eigenvalue weighted by Crippen LogP contribution is -2.28. The molecule has 0 rings (SSSR count). The number of hydrogen-bond donors (Lipinski definition) is 2. The second-order valence-electron chi connectivity index (χ2n) is 18.1. The quantitative estimate of drug-likeness (QED) is 0.0268. The van der Waals surface area contributed by atoms with Gasteiger partial charge in [0.25, 0.3) is 0 Å². The maximum Gasteiger partial charge on any atom is 0.472 e. The van der Waals surface area contributed by atoms with Gasteiger partial charge in [0.15, 0.2) is 0 Å². The van der Waals surface area contributed by atoms with Crippen molar-refractivity contribution in [3.05, 3.63) is 48.6 Å². The van der Waals surface area contributed by atoms with E-state index in [1.165, 1.54) is 193 Å². The molecule has 2 atom stereocenters. The third kappa shape index (κ3) is 51.4. The highest BCUT2D eigenvalue weighted by Gasteiger charge is 2.25. The molecule has 0 bridgehead atoms. The largest absolute Gasteiger partial charge is 0.472 e. The lowest BCUT2D eigenvalue weighted by atomic mass is 10.1. The summed E-state index contributed by atoms with van der Waals surface area (Å²) in [7, 11) is -4.29. The van der Waals surface area contributed by atoms with Crippen molar-refractivity contribution >= 4 is 13.8 Å². The van der Waals surface area contributed by atoms with Gasteiger partial charge in [0, 0.05) is 19.6 Å². The summed E-state index contributed by atoms with van der Waals surface area (Å²) in [5.74, 6) is -0.331. The highest BCUT2D eigenvalue weighted by molar-refractivity contribution is 7.47. The summed E-state index contributed by atoms with van der Waals surface area (Å²) in [4.78, 5) is 22.6. The van der Waals surface area contributed by atoms with Crippen molar-refractivity contribution < 1.29 is 32.8 Å². The second-order valence-corrected chi connectivity index (χ2v) is 19.5. The number of carbonyl (C=O) groups excluding carboxylic acids is 1. The number of esters is 1. The van der Waals surface area contributed by atoms with E-state index in [0.29, 0.717) is 13.0 Å². The van der Waals surface area contributed by atoms with Gasteiger partial charge in [0.1, 0.15) is 6.10 Å². The van der Waals surface area contributed by atoms with E-state index in [-0.39, 0.29) is 32.3 Å². The SMILES string of the molecule is CCCCCCC/C=C\C/C=C\C/C=C\CCCCCCCCCCCCCOCC(COP(=O)(O)OCCN)OC(=O)CCCCCCCCCCC/C=C\CCCCCCCC. The van der Waals surface area contributed by atoms with Gasteiger partial charge in [-0.25, -0.2) is 4.57 Å². The van der Waals surface area contributed by atoms with Crippen molar-refractivity contribution in [2.45, 2.75) is 264 Å². The van der Waals surface area contributed by atoms with Gasteiger partial charge in [-0.3, -0.25) is 13.8 Å². The molecule has 0 radical (unpaired) electrons. The fourth-order valence-electron chi connectivity index (χ4n) is 7.71. The summed E-state index contributed by atoms with van der Waals surface area (Å²) in [6, 6.07) is 0. The van der Waals surface area contributed by atoms with Gasteiger partial charge in [0.2, 0.25) is 0 Å². The standard InChI is InChI=1S/C55H104NO7P/c1-3-5-7-9-11-13-15-17-19-21-23-24-25-26-27-28-29-31-33-35-37-39-41-43-45-47-50-60-52-54(53-62-64(58,59)61-51-49-56)63-55(57)48-46-44-42-40-38-36-34-32-30-22-20-18-16-14-12-10-8-6-4-2/h15,17-18,20-21,23,25-26,54H,3-14,16,19,22,24,27-53,56H2,1-2H3,(H,58,59)/b17-15-,20-18-,23-21-,26-25-. The van der Waals surface area contributed by atoms with Crippen LogP contribution in [0.25, 0.3) is 0 Å². The zero-order chi connectivity index (χ0) is 46.5. The van der Waals surface area contributed by atoms with E-state index >= 15 is 0 Å². The van der Waals surface area contributed by atoms with E-state index in [1.54, 1.807) is 0 Å². The predicted molar refractivity (Wildman–Crippen MR) is 275 cm³/mol. The molecule has 0 aromatic carbocycles. The lowest BCUT2D eigenvalue weighted by Gasteiger charge is -2.20. The topological polar surface area (TPSA) is 117 Å². The van der Waals surface area contributed by atoms with Crippen LogP contribution in [0.5, 0.6) is 0 Å². The van der Waals surface area contributed by atoms with Gasteiger partial charge in [-0.05, 0) is 77.0 Å². The van der Waals surface area contributed by atoms with Crippen LogP contribution in [0.15, 0.2) is 48.6 Å². The molecule has 9 heteroatoms. The summed E-state index contributed by atoms with van der Waals surface area (Å²) in [6.45, 7) is 4.93. The Morgan fingerprint density at radius 3 is 1.25 bits per heavy atom. The first-order chi connectivity index (χ1) is 31.4. The fraction of sp³-hybridized carbons (Fsp3) is 0.836. The number of phosphoric acid groups is 1. The number of ether oxygens (including phenoxy) is 2. The Morgan fingerprint density at radius 1 is 0.469 bits per heavy atom. The first kappa shape index (κ1) is 62.5. The predicted octanol–water partition coefficient (Wildman–Crippen LogP) is 17.1. The summed E-state index contributed by atoms with van der Waals surface area (Å²) < 4.78 is 33.6. The lowest BCUT2D eigenvalue weighted by molar-refractivity contribution is -0.154. The molecule has 0 amide bonds. The summed E-state index contributed by atoms with van der Waals surface area (Å²) in [5.41, 5.74) is 5.39. The first-order valence-corrected chi connectivity index (χ1v) is 28.6. The highest BCUT2D eigenvalue weighted by Crippen LogP contribution is 2.43. The number of allylic oxidation sites excluding steroid dienone is 8. The van der Waals surface area contributed by atoms with Crippen molar-refractivity contribution in [1.82, 2.24) is 0 Å². The van der Waals surface area contributed by atoms with Gasteiger partial charge >= 0.3 is 13.8 Å². The Labute approximate surface area is 396 Å². The minimum atomic E-state index is -4.29. The normalized spacial score (nSPS) is 13.6. The van der Waals surface area contributed by atoms with E-state index in [4.69, 9.17) is 24.3 Å². The van der Waals surface area contributed by atoms with Crippen LogP contribution in [0.4, 0.5) is 0 Å².